The Kier molecular flexibility index (Phi) is 8.13. The van der Waals surface area contributed by atoms with E-state index in [0.29, 0.717) is 22.6 Å². The number of hydrogen-bond donors (Lipinski definition) is 1. The van der Waals surface area contributed by atoms with Crippen molar-refractivity contribution in [3.8, 4) is 22.9 Å². The summed E-state index contributed by atoms with van der Waals surface area (Å²) in [7, 11) is 1.67. The van der Waals surface area contributed by atoms with E-state index in [0.717, 1.165) is 55.2 Å². The predicted octanol–water partition coefficient (Wildman–Crippen LogP) is 4.80. The molecule has 1 aromatic carbocycles. The molecule has 3 aromatic rings. The Bertz CT molecular complexity index is 1200. The van der Waals surface area contributed by atoms with E-state index >= 15 is 0 Å². The summed E-state index contributed by atoms with van der Waals surface area (Å²) in [5.74, 6) is 1.14. The zero-order valence-electron chi connectivity index (χ0n) is 20.3. The van der Waals surface area contributed by atoms with Crippen LogP contribution in [0.15, 0.2) is 47.4 Å². The van der Waals surface area contributed by atoms with Crippen molar-refractivity contribution in [2.45, 2.75) is 40.0 Å². The molecule has 0 spiro atoms. The van der Waals surface area contributed by atoms with Crippen molar-refractivity contribution < 1.29 is 4.74 Å². The third-order valence-corrected chi connectivity index (χ3v) is 6.24. The van der Waals surface area contributed by atoms with Crippen molar-refractivity contribution in [2.75, 3.05) is 38.2 Å². The van der Waals surface area contributed by atoms with E-state index in [1.54, 1.807) is 17.6 Å². The highest BCUT2D eigenvalue weighted by molar-refractivity contribution is 5.80. The smallest absolute Gasteiger partial charge is 0.255 e. The van der Waals surface area contributed by atoms with Crippen LogP contribution in [0.5, 0.6) is 5.75 Å². The summed E-state index contributed by atoms with van der Waals surface area (Å²) in [5.41, 5.74) is 4.60. The zero-order chi connectivity index (χ0) is 24.0. The molecule has 4 rings (SSSR count). The molecular weight excluding hydrogens is 412 g/mol. The average Bonchev–Trinajstić information content (AvgIpc) is 2.89. The van der Waals surface area contributed by atoms with Crippen LogP contribution in [0.4, 0.5) is 5.69 Å². The number of anilines is 1. The molecule has 6 nitrogen and oxygen atoms in total. The standard InChI is InChI=1S/C25H28N4O2.C2H6/c1-4-17(2)20-13-18(5-8-24(20)31-3)21-14-25(30)29-16-19(28-11-9-27-10-12-28)6-7-23(29)22(21)15-26;1-2/h5-8,13-14,16-17,27H,4,9-12H2,1-3H3;1-2H3. The number of rotatable bonds is 5. The number of pyridine rings is 2. The molecule has 1 unspecified atom stereocenters. The van der Waals surface area contributed by atoms with Gasteiger partial charge in [0.25, 0.3) is 5.56 Å². The third kappa shape index (κ3) is 4.89. The van der Waals surface area contributed by atoms with Crippen LogP contribution in [-0.2, 0) is 0 Å². The van der Waals surface area contributed by atoms with Crippen molar-refractivity contribution in [2.24, 2.45) is 0 Å². The first kappa shape index (κ1) is 24.3. The molecule has 174 valence electrons. The van der Waals surface area contributed by atoms with E-state index in [9.17, 15) is 10.1 Å². The number of piperazine rings is 1. The van der Waals surface area contributed by atoms with E-state index in [1.807, 2.05) is 50.4 Å². The number of benzene rings is 1. The zero-order valence-corrected chi connectivity index (χ0v) is 20.3. The van der Waals surface area contributed by atoms with Crippen molar-refractivity contribution in [3.05, 3.63) is 64.1 Å². The summed E-state index contributed by atoms with van der Waals surface area (Å²) in [4.78, 5) is 15.3. The van der Waals surface area contributed by atoms with E-state index in [-0.39, 0.29) is 5.56 Å². The molecule has 0 radical (unpaired) electrons. The molecule has 3 heterocycles. The second kappa shape index (κ2) is 11.0. The van der Waals surface area contributed by atoms with Crippen LogP contribution >= 0.6 is 0 Å². The second-order valence-electron chi connectivity index (χ2n) is 8.03. The fourth-order valence-corrected chi connectivity index (χ4v) is 4.24. The first-order chi connectivity index (χ1) is 16.1. The molecule has 1 aliphatic rings. The van der Waals surface area contributed by atoms with Crippen LogP contribution in [0.25, 0.3) is 16.6 Å². The van der Waals surface area contributed by atoms with Gasteiger partial charge in [0.1, 0.15) is 11.8 Å². The van der Waals surface area contributed by atoms with E-state index in [2.05, 4.69) is 30.1 Å². The van der Waals surface area contributed by atoms with Gasteiger partial charge < -0.3 is 15.0 Å². The summed E-state index contributed by atoms with van der Waals surface area (Å²) in [6.45, 7) is 11.9. The van der Waals surface area contributed by atoms with Gasteiger partial charge in [0.2, 0.25) is 0 Å². The van der Waals surface area contributed by atoms with Crippen molar-refractivity contribution in [1.82, 2.24) is 9.72 Å². The Morgan fingerprint density at radius 1 is 1.15 bits per heavy atom. The molecule has 0 bridgehead atoms. The Morgan fingerprint density at radius 3 is 2.52 bits per heavy atom. The number of fused-ring (bicyclic) bond motifs is 1. The molecule has 33 heavy (non-hydrogen) atoms. The first-order valence-electron chi connectivity index (χ1n) is 11.8. The highest BCUT2D eigenvalue weighted by Gasteiger charge is 2.18. The van der Waals surface area contributed by atoms with E-state index in [1.165, 1.54) is 0 Å². The van der Waals surface area contributed by atoms with Crippen LogP contribution in [-0.4, -0.2) is 37.7 Å². The van der Waals surface area contributed by atoms with Crippen LogP contribution < -0.4 is 20.5 Å². The van der Waals surface area contributed by atoms with Crippen LogP contribution in [0.2, 0.25) is 0 Å². The lowest BCUT2D eigenvalue weighted by Crippen LogP contribution is -2.43. The van der Waals surface area contributed by atoms with Gasteiger partial charge in [0.05, 0.1) is 23.9 Å². The Labute approximate surface area is 196 Å². The number of hydrogen-bond acceptors (Lipinski definition) is 5. The molecule has 0 saturated carbocycles. The molecular formula is C27H34N4O2. The van der Waals surface area contributed by atoms with Crippen LogP contribution in [0, 0.1) is 11.3 Å². The Morgan fingerprint density at radius 2 is 1.88 bits per heavy atom. The molecule has 1 N–H and O–H groups in total. The number of nitrogens with one attached hydrogen (secondary N) is 1. The van der Waals surface area contributed by atoms with Crippen molar-refractivity contribution in [3.63, 3.8) is 0 Å². The quantitative estimate of drug-likeness (QED) is 0.610. The summed E-state index contributed by atoms with van der Waals surface area (Å²) >= 11 is 0. The van der Waals surface area contributed by atoms with Gasteiger partial charge in [-0.25, -0.2) is 0 Å². The third-order valence-electron chi connectivity index (χ3n) is 6.24. The molecule has 1 atom stereocenters. The Hall–Kier alpha value is -3.30. The molecule has 1 fully saturated rings. The first-order valence-corrected chi connectivity index (χ1v) is 11.8. The molecule has 1 saturated heterocycles. The predicted molar refractivity (Wildman–Crippen MR) is 136 cm³/mol. The van der Waals surface area contributed by atoms with Gasteiger partial charge in [0, 0.05) is 44.0 Å². The summed E-state index contributed by atoms with van der Waals surface area (Å²) in [5, 5.41) is 13.3. The summed E-state index contributed by atoms with van der Waals surface area (Å²) < 4.78 is 7.14. The lowest BCUT2D eigenvalue weighted by molar-refractivity contribution is 0.406. The van der Waals surface area contributed by atoms with Crippen molar-refractivity contribution >= 4 is 11.2 Å². The molecule has 2 aromatic heterocycles. The summed E-state index contributed by atoms with van der Waals surface area (Å²) in [6.07, 6.45) is 2.83. The van der Waals surface area contributed by atoms with E-state index in [4.69, 9.17) is 4.74 Å². The fraction of sp³-hybridized carbons (Fsp3) is 0.407. The highest BCUT2D eigenvalue weighted by Crippen LogP contribution is 2.34. The molecule has 6 heteroatoms. The van der Waals surface area contributed by atoms with Gasteiger partial charge in [0.15, 0.2) is 0 Å². The maximum absolute atomic E-state index is 13.1. The van der Waals surface area contributed by atoms with Gasteiger partial charge in [-0.15, -0.1) is 0 Å². The SMILES string of the molecule is CC.CCC(C)c1cc(-c2cc(=O)n3cc(N4CCNCC4)ccc3c2C#N)ccc1OC. The van der Waals surface area contributed by atoms with Gasteiger partial charge in [-0.2, -0.15) is 5.26 Å². The molecule has 0 aliphatic carbocycles. The maximum Gasteiger partial charge on any atom is 0.255 e. The lowest BCUT2D eigenvalue weighted by Gasteiger charge is -2.29. The number of methoxy groups -OCH3 is 1. The normalized spacial score (nSPS) is 14.2. The average molecular weight is 447 g/mol. The number of aromatic nitrogens is 1. The largest absolute Gasteiger partial charge is 0.496 e. The minimum atomic E-state index is -0.137. The number of nitriles is 1. The minimum Gasteiger partial charge on any atom is -0.496 e. The van der Waals surface area contributed by atoms with Gasteiger partial charge in [-0.05, 0) is 47.7 Å². The Balaban J connectivity index is 0.00000149. The fourth-order valence-electron chi connectivity index (χ4n) is 4.24. The number of nitrogens with zero attached hydrogens (tertiary/aromatic N) is 3. The second-order valence-corrected chi connectivity index (χ2v) is 8.03. The minimum absolute atomic E-state index is 0.137. The van der Waals surface area contributed by atoms with Gasteiger partial charge in [-0.3, -0.25) is 9.20 Å². The van der Waals surface area contributed by atoms with Crippen LogP contribution in [0.3, 0.4) is 0 Å². The topological polar surface area (TPSA) is 69.8 Å². The van der Waals surface area contributed by atoms with Gasteiger partial charge >= 0.3 is 0 Å². The molecule has 0 amide bonds. The monoisotopic (exact) mass is 446 g/mol. The van der Waals surface area contributed by atoms with E-state index < -0.39 is 0 Å². The highest BCUT2D eigenvalue weighted by atomic mass is 16.5. The summed E-state index contributed by atoms with van der Waals surface area (Å²) in [6, 6.07) is 13.7. The van der Waals surface area contributed by atoms with Gasteiger partial charge in [-0.1, -0.05) is 33.8 Å². The van der Waals surface area contributed by atoms with Crippen LogP contribution in [0.1, 0.15) is 51.2 Å². The molecule has 1 aliphatic heterocycles. The van der Waals surface area contributed by atoms with Crippen molar-refractivity contribution in [1.29, 1.82) is 5.26 Å². The lowest BCUT2D eigenvalue weighted by atomic mass is 9.92. The number of ether oxygens (including phenoxy) is 1. The maximum atomic E-state index is 13.1.